The lowest BCUT2D eigenvalue weighted by Crippen LogP contribution is -2.37. The highest BCUT2D eigenvalue weighted by Crippen LogP contribution is 2.33. The first kappa shape index (κ1) is 27.5. The van der Waals surface area contributed by atoms with Gasteiger partial charge in [-0.05, 0) is 43.3 Å². The van der Waals surface area contributed by atoms with Crippen molar-refractivity contribution in [2.45, 2.75) is 43.2 Å². The van der Waals surface area contributed by atoms with Crippen LogP contribution in [-0.4, -0.2) is 54.1 Å². The number of rotatable bonds is 5. The summed E-state index contributed by atoms with van der Waals surface area (Å²) >= 11 is 0. The second kappa shape index (κ2) is 9.64. The Hall–Kier alpha value is -3.55. The highest BCUT2D eigenvalue weighted by Gasteiger charge is 2.39. The number of benzene rings is 2. The first-order valence-electron chi connectivity index (χ1n) is 11.2. The number of amides is 1. The van der Waals surface area contributed by atoms with Crippen LogP contribution in [0.1, 0.15) is 34.1 Å². The first-order valence-corrected chi connectivity index (χ1v) is 13.0. The van der Waals surface area contributed by atoms with Crippen molar-refractivity contribution < 1.29 is 44.3 Å². The van der Waals surface area contributed by atoms with Crippen LogP contribution in [0.5, 0.6) is 5.75 Å². The average molecular weight is 562 g/mol. The molecular weight excluding hydrogens is 540 g/mol. The van der Waals surface area contributed by atoms with Gasteiger partial charge in [-0.25, -0.2) is 13.1 Å². The zero-order valence-corrected chi connectivity index (χ0v) is 20.8. The Morgan fingerprint density at radius 2 is 1.79 bits per heavy atom. The van der Waals surface area contributed by atoms with E-state index in [1.54, 1.807) is 0 Å². The van der Waals surface area contributed by atoms with Crippen LogP contribution in [0.3, 0.4) is 0 Å². The summed E-state index contributed by atoms with van der Waals surface area (Å²) < 4.78 is 109. The molecule has 2 aromatic carbocycles. The molecule has 1 aliphatic heterocycles. The number of alkyl halides is 6. The monoisotopic (exact) mass is 561 g/mol. The Kier molecular flexibility index (Phi) is 6.97. The van der Waals surface area contributed by atoms with Crippen LogP contribution >= 0.6 is 0 Å². The van der Waals surface area contributed by atoms with Crippen LogP contribution in [0.15, 0.2) is 53.6 Å². The van der Waals surface area contributed by atoms with Crippen molar-refractivity contribution in [1.29, 1.82) is 0 Å². The number of hydrogen-bond donors (Lipinski definition) is 0. The van der Waals surface area contributed by atoms with Crippen molar-refractivity contribution in [3.05, 3.63) is 71.0 Å². The molecule has 1 amide bonds. The number of carbonyl (C=O) groups excluding carboxylic acids is 1. The summed E-state index contributed by atoms with van der Waals surface area (Å²) in [6.07, 6.45) is -9.07. The van der Waals surface area contributed by atoms with Crippen molar-refractivity contribution >= 4 is 15.7 Å². The number of halogens is 6. The minimum atomic E-state index is -4.73. The Bertz CT molecular complexity index is 1480. The number of sulfone groups is 1. The highest BCUT2D eigenvalue weighted by atomic mass is 32.2. The Morgan fingerprint density at radius 1 is 1.08 bits per heavy atom. The van der Waals surface area contributed by atoms with Gasteiger partial charge in [-0.15, -0.1) is 0 Å². The fraction of sp³-hybridized carbons (Fsp3) is 0.333. The van der Waals surface area contributed by atoms with E-state index in [2.05, 4.69) is 5.10 Å². The molecule has 0 saturated carbocycles. The highest BCUT2D eigenvalue weighted by molar-refractivity contribution is 7.90. The third kappa shape index (κ3) is 5.64. The van der Waals surface area contributed by atoms with E-state index in [0.717, 1.165) is 43.5 Å². The summed E-state index contributed by atoms with van der Waals surface area (Å²) in [6, 6.07) is 7.63. The average Bonchev–Trinajstić information content (AvgIpc) is 3.25. The molecule has 38 heavy (non-hydrogen) atoms. The van der Waals surface area contributed by atoms with Gasteiger partial charge < -0.3 is 9.64 Å². The van der Waals surface area contributed by atoms with Crippen LogP contribution in [0, 0.1) is 0 Å². The fourth-order valence-electron chi connectivity index (χ4n) is 3.98. The van der Waals surface area contributed by atoms with E-state index in [4.69, 9.17) is 4.74 Å². The van der Waals surface area contributed by atoms with Crippen LogP contribution in [-0.2, 0) is 29.0 Å². The van der Waals surface area contributed by atoms with Gasteiger partial charge >= 0.3 is 12.4 Å². The SMILES string of the molecule is CC(Oc1ccc(S(C)(=O)=O)cc1C(=O)N1CCc2c(cnn2-c2cccc(C(F)(F)F)c2)C1)C(F)(F)F. The third-order valence-corrected chi connectivity index (χ3v) is 7.12. The largest absolute Gasteiger partial charge is 0.480 e. The van der Waals surface area contributed by atoms with E-state index in [-0.39, 0.29) is 35.7 Å². The Labute approximate surface area is 213 Å². The lowest BCUT2D eigenvalue weighted by molar-refractivity contribution is -0.189. The van der Waals surface area contributed by atoms with Crippen molar-refractivity contribution in [1.82, 2.24) is 14.7 Å². The van der Waals surface area contributed by atoms with Crippen LogP contribution < -0.4 is 4.74 Å². The lowest BCUT2D eigenvalue weighted by atomic mass is 10.1. The van der Waals surface area contributed by atoms with Crippen molar-refractivity contribution in [3.63, 3.8) is 0 Å². The molecule has 3 aromatic rings. The second-order valence-corrected chi connectivity index (χ2v) is 10.8. The lowest BCUT2D eigenvalue weighted by Gasteiger charge is -2.29. The maximum Gasteiger partial charge on any atom is 0.425 e. The molecule has 0 N–H and O–H groups in total. The molecule has 14 heteroatoms. The topological polar surface area (TPSA) is 81.5 Å². The van der Waals surface area contributed by atoms with E-state index >= 15 is 0 Å². The second-order valence-electron chi connectivity index (χ2n) is 8.78. The number of fused-ring (bicyclic) bond motifs is 1. The number of hydrogen-bond acceptors (Lipinski definition) is 5. The summed E-state index contributed by atoms with van der Waals surface area (Å²) in [5.74, 6) is -1.20. The van der Waals surface area contributed by atoms with Crippen molar-refractivity contribution in [2.75, 3.05) is 12.8 Å². The van der Waals surface area contributed by atoms with Crippen LogP contribution in [0.2, 0.25) is 0 Å². The normalized spacial score (nSPS) is 15.2. The zero-order chi connectivity index (χ0) is 28.0. The molecule has 0 aliphatic carbocycles. The molecule has 4 rings (SSSR count). The van der Waals surface area contributed by atoms with E-state index in [9.17, 15) is 39.6 Å². The summed E-state index contributed by atoms with van der Waals surface area (Å²) in [6.45, 7) is 0.756. The van der Waals surface area contributed by atoms with Gasteiger partial charge in [0.1, 0.15) is 5.75 Å². The van der Waals surface area contributed by atoms with Crippen molar-refractivity contribution in [2.24, 2.45) is 0 Å². The van der Waals surface area contributed by atoms with E-state index in [1.807, 2.05) is 0 Å². The maximum atomic E-state index is 13.4. The predicted molar refractivity (Wildman–Crippen MR) is 123 cm³/mol. The number of carbonyl (C=O) groups is 1. The molecular formula is C24H21F6N3O4S. The molecule has 2 heterocycles. The summed E-state index contributed by atoms with van der Waals surface area (Å²) in [7, 11) is -3.80. The standard InChI is InChI=1S/C24H21F6N3O4S/c1-14(23(25,26)27)37-21-7-6-18(38(2,35)36)11-19(21)22(34)32-9-8-20-15(13-32)12-31-33(20)17-5-3-4-16(10-17)24(28,29)30/h3-7,10-12,14H,8-9,13H2,1-2H3. The quantitative estimate of drug-likeness (QED) is 0.418. The molecule has 7 nitrogen and oxygen atoms in total. The molecule has 0 saturated heterocycles. The minimum Gasteiger partial charge on any atom is -0.480 e. The molecule has 0 fully saturated rings. The van der Waals surface area contributed by atoms with E-state index < -0.39 is 45.5 Å². The van der Waals surface area contributed by atoms with Crippen molar-refractivity contribution in [3.8, 4) is 11.4 Å². The van der Waals surface area contributed by atoms with Crippen LogP contribution in [0.25, 0.3) is 5.69 Å². The zero-order valence-electron chi connectivity index (χ0n) is 20.0. The van der Waals surface area contributed by atoms with Crippen LogP contribution in [0.4, 0.5) is 26.3 Å². The molecule has 0 radical (unpaired) electrons. The van der Waals surface area contributed by atoms with Gasteiger partial charge in [-0.1, -0.05) is 6.07 Å². The van der Waals surface area contributed by atoms with Gasteiger partial charge in [-0.2, -0.15) is 31.4 Å². The van der Waals surface area contributed by atoms with Gasteiger partial charge in [0.15, 0.2) is 15.9 Å². The Balaban J connectivity index is 1.65. The molecule has 204 valence electrons. The molecule has 1 unspecified atom stereocenters. The number of nitrogens with zero attached hydrogens (tertiary/aromatic N) is 3. The first-order chi connectivity index (χ1) is 17.6. The maximum absolute atomic E-state index is 13.4. The molecule has 1 aromatic heterocycles. The number of ether oxygens (including phenoxy) is 1. The molecule has 1 atom stereocenters. The molecule has 1 aliphatic rings. The third-order valence-electron chi connectivity index (χ3n) is 6.01. The minimum absolute atomic E-state index is 0.0495. The van der Waals surface area contributed by atoms with Gasteiger partial charge in [0.05, 0.1) is 33.6 Å². The fourth-order valence-corrected chi connectivity index (χ4v) is 4.63. The van der Waals surface area contributed by atoms with E-state index in [0.29, 0.717) is 11.3 Å². The van der Waals surface area contributed by atoms with Gasteiger partial charge in [0.2, 0.25) is 0 Å². The Morgan fingerprint density at radius 3 is 2.42 bits per heavy atom. The summed E-state index contributed by atoms with van der Waals surface area (Å²) in [4.78, 5) is 14.4. The molecule has 0 spiro atoms. The van der Waals surface area contributed by atoms with E-state index in [1.165, 1.54) is 27.9 Å². The van der Waals surface area contributed by atoms with Gasteiger partial charge in [0.25, 0.3) is 5.91 Å². The van der Waals surface area contributed by atoms with Gasteiger partial charge in [0, 0.05) is 31.3 Å². The number of aromatic nitrogens is 2. The predicted octanol–water partition coefficient (Wildman–Crippen LogP) is 4.82. The smallest absolute Gasteiger partial charge is 0.425 e. The van der Waals surface area contributed by atoms with Gasteiger partial charge in [-0.3, -0.25) is 4.79 Å². The summed E-state index contributed by atoms with van der Waals surface area (Å²) in [5, 5.41) is 4.17. The molecule has 0 bridgehead atoms. The summed E-state index contributed by atoms with van der Waals surface area (Å²) in [5.41, 5.74) is 0.0577.